The largest absolute Gasteiger partial charge is 0.355 e. The molecule has 17 heavy (non-hydrogen) atoms. The lowest BCUT2D eigenvalue weighted by molar-refractivity contribution is -0.143. The first kappa shape index (κ1) is 15.0. The lowest BCUT2D eigenvalue weighted by Crippen LogP contribution is -2.41. The predicted molar refractivity (Wildman–Crippen MR) is 60.9 cm³/mol. The quantitative estimate of drug-likeness (QED) is 0.507. The van der Waals surface area contributed by atoms with E-state index in [2.05, 4.69) is 11.9 Å². The first-order chi connectivity index (χ1) is 7.88. The van der Waals surface area contributed by atoms with Crippen LogP contribution in [0.15, 0.2) is 12.7 Å². The van der Waals surface area contributed by atoms with Crippen LogP contribution in [-0.2, 0) is 19.2 Å². The van der Waals surface area contributed by atoms with E-state index < -0.39 is 11.8 Å². The maximum Gasteiger partial charge on any atom is 0.252 e. The molecule has 94 valence electrons. The van der Waals surface area contributed by atoms with Crippen LogP contribution in [-0.4, -0.2) is 41.5 Å². The lowest BCUT2D eigenvalue weighted by atomic mass is 10.2. The molecule has 0 rings (SSSR count). The molecule has 0 aliphatic carbocycles. The number of rotatable bonds is 6. The van der Waals surface area contributed by atoms with E-state index in [1.165, 1.54) is 13.8 Å². The molecule has 0 aromatic carbocycles. The van der Waals surface area contributed by atoms with Gasteiger partial charge in [-0.2, -0.15) is 0 Å². The van der Waals surface area contributed by atoms with Crippen molar-refractivity contribution in [3.05, 3.63) is 12.7 Å². The molecule has 0 spiro atoms. The zero-order valence-corrected chi connectivity index (χ0v) is 9.99. The highest BCUT2D eigenvalue weighted by atomic mass is 16.2. The van der Waals surface area contributed by atoms with Crippen LogP contribution < -0.4 is 5.32 Å². The van der Waals surface area contributed by atoms with Crippen LogP contribution >= 0.6 is 0 Å². The number of ketones is 1. The minimum atomic E-state index is -0.590. The summed E-state index contributed by atoms with van der Waals surface area (Å²) in [6, 6.07) is 0. The zero-order chi connectivity index (χ0) is 13.4. The number of Topliss-reactive ketones (excluding diaryl/α,β-unsaturated/α-hetero) is 1. The maximum absolute atomic E-state index is 11.6. The SMILES string of the molecule is C=CC(=O)N(CCNC(C)=O)C(=O)CC(C)=O. The molecule has 0 bridgehead atoms. The smallest absolute Gasteiger partial charge is 0.252 e. The predicted octanol–water partition coefficient (Wildman–Crippen LogP) is -0.357. The number of imide groups is 1. The molecule has 3 amide bonds. The third-order valence-electron chi connectivity index (χ3n) is 1.85. The van der Waals surface area contributed by atoms with Gasteiger partial charge in [0, 0.05) is 20.0 Å². The van der Waals surface area contributed by atoms with E-state index in [1.807, 2.05) is 0 Å². The molecule has 0 aromatic heterocycles. The topological polar surface area (TPSA) is 83.6 Å². The summed E-state index contributed by atoms with van der Waals surface area (Å²) in [7, 11) is 0. The molecule has 6 heteroatoms. The maximum atomic E-state index is 11.6. The third kappa shape index (κ3) is 6.24. The molecule has 0 saturated carbocycles. The highest BCUT2D eigenvalue weighted by molar-refractivity contribution is 6.06. The van der Waals surface area contributed by atoms with Gasteiger partial charge in [-0.15, -0.1) is 0 Å². The Bertz CT molecular complexity index is 349. The minimum Gasteiger partial charge on any atom is -0.355 e. The van der Waals surface area contributed by atoms with Gasteiger partial charge < -0.3 is 5.32 Å². The molecule has 0 aliphatic heterocycles. The number of nitrogens with zero attached hydrogens (tertiary/aromatic N) is 1. The third-order valence-corrected chi connectivity index (χ3v) is 1.85. The van der Waals surface area contributed by atoms with Gasteiger partial charge in [0.15, 0.2) is 0 Å². The van der Waals surface area contributed by atoms with Crippen LogP contribution in [0.3, 0.4) is 0 Å². The molecular weight excluding hydrogens is 224 g/mol. The normalized spacial score (nSPS) is 9.29. The van der Waals surface area contributed by atoms with Crippen LogP contribution in [0.1, 0.15) is 20.3 Å². The summed E-state index contributed by atoms with van der Waals surface area (Å²) in [5, 5.41) is 2.46. The molecular formula is C11H16N2O4. The van der Waals surface area contributed by atoms with Crippen LogP contribution in [0, 0.1) is 0 Å². The van der Waals surface area contributed by atoms with Gasteiger partial charge in [0.2, 0.25) is 11.8 Å². The molecule has 0 aromatic rings. The molecule has 0 fully saturated rings. The van der Waals surface area contributed by atoms with Crippen molar-refractivity contribution in [2.45, 2.75) is 20.3 Å². The van der Waals surface area contributed by atoms with E-state index in [-0.39, 0.29) is 31.2 Å². The fourth-order valence-corrected chi connectivity index (χ4v) is 1.12. The standard InChI is InChI=1S/C11H16N2O4/c1-4-10(16)13(6-5-12-9(3)15)11(17)7-8(2)14/h4H,1,5-7H2,2-3H3,(H,12,15). The number of hydrogen-bond donors (Lipinski definition) is 1. The second kappa shape index (κ2) is 7.32. The van der Waals surface area contributed by atoms with Crippen molar-refractivity contribution in [1.29, 1.82) is 0 Å². The van der Waals surface area contributed by atoms with Crippen molar-refractivity contribution in [2.24, 2.45) is 0 Å². The zero-order valence-electron chi connectivity index (χ0n) is 9.99. The molecule has 0 radical (unpaired) electrons. The van der Waals surface area contributed by atoms with E-state index >= 15 is 0 Å². The average Bonchev–Trinajstić information content (AvgIpc) is 2.21. The Labute approximate surface area is 99.7 Å². The Balaban J connectivity index is 4.48. The highest BCUT2D eigenvalue weighted by Crippen LogP contribution is 1.97. The summed E-state index contributed by atoms with van der Waals surface area (Å²) in [6.07, 6.45) is 0.658. The summed E-state index contributed by atoms with van der Waals surface area (Å²) in [5.41, 5.74) is 0. The molecule has 0 unspecified atom stereocenters. The number of carbonyl (C=O) groups is 4. The Morgan fingerprint density at radius 1 is 1.24 bits per heavy atom. The molecule has 0 aliphatic rings. The van der Waals surface area contributed by atoms with Crippen molar-refractivity contribution in [3.8, 4) is 0 Å². The minimum absolute atomic E-state index is 0.0244. The molecule has 6 nitrogen and oxygen atoms in total. The molecule has 0 atom stereocenters. The van der Waals surface area contributed by atoms with Gasteiger partial charge in [0.05, 0.1) is 6.42 Å². The van der Waals surface area contributed by atoms with Gasteiger partial charge in [-0.25, -0.2) is 0 Å². The summed E-state index contributed by atoms with van der Waals surface area (Å²) < 4.78 is 0. The van der Waals surface area contributed by atoms with Crippen molar-refractivity contribution < 1.29 is 19.2 Å². The van der Waals surface area contributed by atoms with Crippen molar-refractivity contribution in [1.82, 2.24) is 10.2 Å². The molecule has 0 heterocycles. The Hall–Kier alpha value is -1.98. The van der Waals surface area contributed by atoms with Crippen LogP contribution in [0.5, 0.6) is 0 Å². The average molecular weight is 240 g/mol. The van der Waals surface area contributed by atoms with Gasteiger partial charge >= 0.3 is 0 Å². The van der Waals surface area contributed by atoms with Gasteiger partial charge in [0.1, 0.15) is 5.78 Å². The molecule has 1 N–H and O–H groups in total. The fourth-order valence-electron chi connectivity index (χ4n) is 1.12. The van der Waals surface area contributed by atoms with Crippen molar-refractivity contribution in [3.63, 3.8) is 0 Å². The van der Waals surface area contributed by atoms with Crippen LogP contribution in [0.25, 0.3) is 0 Å². The number of carbonyl (C=O) groups excluding carboxylic acids is 4. The van der Waals surface area contributed by atoms with E-state index in [1.54, 1.807) is 0 Å². The highest BCUT2D eigenvalue weighted by Gasteiger charge is 2.19. The summed E-state index contributed by atoms with van der Waals surface area (Å²) in [6.45, 7) is 6.04. The second-order valence-corrected chi connectivity index (χ2v) is 3.45. The van der Waals surface area contributed by atoms with Crippen molar-refractivity contribution >= 4 is 23.5 Å². The summed E-state index contributed by atoms with van der Waals surface area (Å²) >= 11 is 0. The summed E-state index contributed by atoms with van der Waals surface area (Å²) in [5.74, 6) is -1.75. The fraction of sp³-hybridized carbons (Fsp3) is 0.455. The van der Waals surface area contributed by atoms with E-state index in [4.69, 9.17) is 0 Å². The number of amides is 3. The van der Waals surface area contributed by atoms with Gasteiger partial charge in [-0.1, -0.05) is 6.58 Å². The van der Waals surface area contributed by atoms with Gasteiger partial charge in [-0.05, 0) is 13.0 Å². The Morgan fingerprint density at radius 3 is 2.24 bits per heavy atom. The van der Waals surface area contributed by atoms with E-state index in [0.717, 1.165) is 11.0 Å². The van der Waals surface area contributed by atoms with Gasteiger partial charge in [-0.3, -0.25) is 24.1 Å². The Morgan fingerprint density at radius 2 is 1.82 bits per heavy atom. The van der Waals surface area contributed by atoms with E-state index in [9.17, 15) is 19.2 Å². The van der Waals surface area contributed by atoms with Gasteiger partial charge in [0.25, 0.3) is 5.91 Å². The van der Waals surface area contributed by atoms with Crippen LogP contribution in [0.4, 0.5) is 0 Å². The van der Waals surface area contributed by atoms with E-state index in [0.29, 0.717) is 0 Å². The summed E-state index contributed by atoms with van der Waals surface area (Å²) in [4.78, 5) is 45.3. The first-order valence-electron chi connectivity index (χ1n) is 5.09. The lowest BCUT2D eigenvalue weighted by Gasteiger charge is -2.18. The number of nitrogens with one attached hydrogen (secondary N) is 1. The molecule has 0 saturated heterocycles. The first-order valence-corrected chi connectivity index (χ1v) is 5.09. The van der Waals surface area contributed by atoms with Crippen LogP contribution in [0.2, 0.25) is 0 Å². The monoisotopic (exact) mass is 240 g/mol. The Kier molecular flexibility index (Phi) is 6.47. The van der Waals surface area contributed by atoms with Crippen molar-refractivity contribution in [2.75, 3.05) is 13.1 Å². The number of hydrogen-bond acceptors (Lipinski definition) is 4. The second-order valence-electron chi connectivity index (χ2n) is 3.45.